The van der Waals surface area contributed by atoms with Gasteiger partial charge < -0.3 is 14.5 Å². The molecule has 0 N–H and O–H groups in total. The molecular formula is C16H24N4O2S. The first-order valence-electron chi connectivity index (χ1n) is 8.51. The van der Waals surface area contributed by atoms with Gasteiger partial charge in [0.05, 0.1) is 18.6 Å². The molecule has 0 saturated carbocycles. The monoisotopic (exact) mass is 336 g/mol. The molecule has 126 valence electrons. The molecule has 3 fully saturated rings. The highest BCUT2D eigenvalue weighted by Crippen LogP contribution is 2.42. The molecule has 0 aromatic carbocycles. The van der Waals surface area contributed by atoms with E-state index in [0.717, 1.165) is 77.0 Å². The van der Waals surface area contributed by atoms with Crippen molar-refractivity contribution in [1.29, 1.82) is 0 Å². The maximum Gasteiger partial charge on any atom is 0.230 e. The molecule has 6 nitrogen and oxygen atoms in total. The highest BCUT2D eigenvalue weighted by Gasteiger charge is 2.50. The zero-order valence-electron chi connectivity index (χ0n) is 13.4. The van der Waals surface area contributed by atoms with Gasteiger partial charge >= 0.3 is 0 Å². The van der Waals surface area contributed by atoms with Crippen molar-refractivity contribution in [2.45, 2.75) is 12.8 Å². The van der Waals surface area contributed by atoms with Crippen molar-refractivity contribution < 1.29 is 9.53 Å². The number of aromatic nitrogens is 1. The average molecular weight is 336 g/mol. The van der Waals surface area contributed by atoms with Gasteiger partial charge in [-0.2, -0.15) is 0 Å². The van der Waals surface area contributed by atoms with E-state index in [2.05, 4.69) is 19.7 Å². The lowest BCUT2D eigenvalue weighted by atomic mass is 9.85. The van der Waals surface area contributed by atoms with Gasteiger partial charge in [0, 0.05) is 57.4 Å². The SMILES string of the molecule is O=C1N(CCN2CCOCC2)CCC12CCN(c1nccs1)C2. The van der Waals surface area contributed by atoms with E-state index in [1.165, 1.54) is 0 Å². The number of carbonyl (C=O) groups excluding carboxylic acids is 1. The molecule has 3 aliphatic heterocycles. The number of anilines is 1. The van der Waals surface area contributed by atoms with Crippen LogP contribution in [0.2, 0.25) is 0 Å². The lowest BCUT2D eigenvalue weighted by Gasteiger charge is -2.29. The Morgan fingerprint density at radius 1 is 1.17 bits per heavy atom. The summed E-state index contributed by atoms with van der Waals surface area (Å²) in [5, 5.41) is 3.06. The minimum Gasteiger partial charge on any atom is -0.379 e. The van der Waals surface area contributed by atoms with Gasteiger partial charge in [-0.05, 0) is 12.8 Å². The van der Waals surface area contributed by atoms with E-state index >= 15 is 0 Å². The molecule has 4 heterocycles. The smallest absolute Gasteiger partial charge is 0.230 e. The minimum atomic E-state index is -0.156. The molecule has 3 aliphatic rings. The first kappa shape index (κ1) is 15.4. The average Bonchev–Trinajstić information content (AvgIpc) is 3.31. The molecule has 1 atom stereocenters. The Bertz CT molecular complexity index is 546. The van der Waals surface area contributed by atoms with E-state index < -0.39 is 0 Å². The van der Waals surface area contributed by atoms with Gasteiger partial charge in [0.25, 0.3) is 0 Å². The van der Waals surface area contributed by atoms with Crippen molar-refractivity contribution in [3.05, 3.63) is 11.6 Å². The normalized spacial score (nSPS) is 29.1. The molecule has 1 aromatic rings. The molecular weight excluding hydrogens is 312 g/mol. The van der Waals surface area contributed by atoms with Crippen molar-refractivity contribution in [1.82, 2.24) is 14.8 Å². The number of hydrogen-bond donors (Lipinski definition) is 0. The molecule has 0 aliphatic carbocycles. The van der Waals surface area contributed by atoms with Crippen molar-refractivity contribution in [3.63, 3.8) is 0 Å². The summed E-state index contributed by atoms with van der Waals surface area (Å²) in [4.78, 5) is 24.1. The van der Waals surface area contributed by atoms with Gasteiger partial charge in [0.2, 0.25) is 5.91 Å². The number of ether oxygens (including phenoxy) is 1. The number of rotatable bonds is 4. The molecule has 1 unspecified atom stereocenters. The van der Waals surface area contributed by atoms with Gasteiger partial charge in [-0.1, -0.05) is 0 Å². The summed E-state index contributed by atoms with van der Waals surface area (Å²) in [7, 11) is 0. The van der Waals surface area contributed by atoms with E-state index in [4.69, 9.17) is 4.74 Å². The van der Waals surface area contributed by atoms with Gasteiger partial charge in [0.1, 0.15) is 0 Å². The third-order valence-electron chi connectivity index (χ3n) is 5.43. The van der Waals surface area contributed by atoms with Crippen LogP contribution in [0.25, 0.3) is 0 Å². The van der Waals surface area contributed by atoms with Crippen LogP contribution in [-0.2, 0) is 9.53 Å². The first-order valence-corrected chi connectivity index (χ1v) is 9.39. The second-order valence-electron chi connectivity index (χ2n) is 6.76. The third-order valence-corrected chi connectivity index (χ3v) is 6.27. The van der Waals surface area contributed by atoms with Crippen LogP contribution >= 0.6 is 11.3 Å². The summed E-state index contributed by atoms with van der Waals surface area (Å²) in [6.07, 6.45) is 3.81. The van der Waals surface area contributed by atoms with Crippen LogP contribution in [0.1, 0.15) is 12.8 Å². The fraction of sp³-hybridized carbons (Fsp3) is 0.750. The standard InChI is InChI=1S/C16H24N4O2S/c21-14-16(2-5-20(13-16)15-17-3-12-23-15)1-4-19(14)7-6-18-8-10-22-11-9-18/h3,12H,1-2,4-11,13H2. The zero-order valence-corrected chi connectivity index (χ0v) is 14.3. The number of hydrogen-bond acceptors (Lipinski definition) is 6. The zero-order chi connectivity index (χ0) is 15.7. The Morgan fingerprint density at radius 3 is 2.78 bits per heavy atom. The molecule has 1 amide bonds. The molecule has 4 rings (SSSR count). The molecule has 1 spiro atoms. The topological polar surface area (TPSA) is 48.9 Å². The quantitative estimate of drug-likeness (QED) is 0.818. The molecule has 0 bridgehead atoms. The van der Waals surface area contributed by atoms with Crippen LogP contribution in [0.3, 0.4) is 0 Å². The van der Waals surface area contributed by atoms with Gasteiger partial charge in [-0.15, -0.1) is 11.3 Å². The Morgan fingerprint density at radius 2 is 2.00 bits per heavy atom. The number of morpholine rings is 1. The Balaban J connectivity index is 1.34. The second-order valence-corrected chi connectivity index (χ2v) is 7.64. The predicted molar refractivity (Wildman–Crippen MR) is 89.8 cm³/mol. The fourth-order valence-corrected chi connectivity index (χ4v) is 4.65. The lowest BCUT2D eigenvalue weighted by Crippen LogP contribution is -2.43. The van der Waals surface area contributed by atoms with Crippen molar-refractivity contribution in [3.8, 4) is 0 Å². The Kier molecular flexibility index (Phi) is 4.26. The summed E-state index contributed by atoms with van der Waals surface area (Å²) in [6, 6.07) is 0. The fourth-order valence-electron chi connectivity index (χ4n) is 3.98. The van der Waals surface area contributed by atoms with Crippen molar-refractivity contribution >= 4 is 22.4 Å². The van der Waals surface area contributed by atoms with Crippen LogP contribution < -0.4 is 4.90 Å². The van der Waals surface area contributed by atoms with Crippen LogP contribution in [-0.4, -0.2) is 79.7 Å². The second kappa shape index (κ2) is 6.37. The van der Waals surface area contributed by atoms with E-state index in [-0.39, 0.29) is 5.41 Å². The molecule has 1 aromatic heterocycles. The molecule has 7 heteroatoms. The number of amides is 1. The summed E-state index contributed by atoms with van der Waals surface area (Å²) in [6.45, 7) is 8.16. The highest BCUT2D eigenvalue weighted by molar-refractivity contribution is 7.13. The summed E-state index contributed by atoms with van der Waals surface area (Å²) in [5.41, 5.74) is -0.156. The number of nitrogens with zero attached hydrogens (tertiary/aromatic N) is 4. The molecule has 23 heavy (non-hydrogen) atoms. The number of carbonyl (C=O) groups is 1. The summed E-state index contributed by atoms with van der Waals surface area (Å²) >= 11 is 1.66. The highest BCUT2D eigenvalue weighted by atomic mass is 32.1. The first-order chi connectivity index (χ1) is 11.3. The van der Waals surface area contributed by atoms with Crippen molar-refractivity contribution in [2.24, 2.45) is 5.41 Å². The van der Waals surface area contributed by atoms with Gasteiger partial charge in [-0.3, -0.25) is 9.69 Å². The van der Waals surface area contributed by atoms with Gasteiger partial charge in [0.15, 0.2) is 5.13 Å². The lowest BCUT2D eigenvalue weighted by molar-refractivity contribution is -0.135. The van der Waals surface area contributed by atoms with Crippen LogP contribution in [0, 0.1) is 5.41 Å². The predicted octanol–water partition coefficient (Wildman–Crippen LogP) is 0.904. The third kappa shape index (κ3) is 2.97. The Labute approximate surface area is 141 Å². The van der Waals surface area contributed by atoms with Crippen LogP contribution in [0.4, 0.5) is 5.13 Å². The van der Waals surface area contributed by atoms with Crippen LogP contribution in [0.15, 0.2) is 11.6 Å². The summed E-state index contributed by atoms with van der Waals surface area (Å²) in [5.74, 6) is 0.366. The van der Waals surface area contributed by atoms with E-state index in [0.29, 0.717) is 5.91 Å². The minimum absolute atomic E-state index is 0.156. The molecule has 3 saturated heterocycles. The maximum absolute atomic E-state index is 13.0. The Hall–Kier alpha value is -1.18. The summed E-state index contributed by atoms with van der Waals surface area (Å²) < 4.78 is 5.38. The number of thiazole rings is 1. The van der Waals surface area contributed by atoms with Gasteiger partial charge in [-0.25, -0.2) is 4.98 Å². The van der Waals surface area contributed by atoms with E-state index in [9.17, 15) is 4.79 Å². The molecule has 0 radical (unpaired) electrons. The van der Waals surface area contributed by atoms with Crippen LogP contribution in [0.5, 0.6) is 0 Å². The maximum atomic E-state index is 13.0. The van der Waals surface area contributed by atoms with E-state index in [1.807, 2.05) is 11.6 Å². The van der Waals surface area contributed by atoms with Crippen molar-refractivity contribution in [2.75, 3.05) is 63.9 Å². The largest absolute Gasteiger partial charge is 0.379 e. The number of likely N-dealkylation sites (tertiary alicyclic amines) is 1. The van der Waals surface area contributed by atoms with E-state index in [1.54, 1.807) is 11.3 Å².